The van der Waals surface area contributed by atoms with Crippen molar-refractivity contribution in [3.05, 3.63) is 22.7 Å². The molecular formula is C15H21N3O4. The van der Waals surface area contributed by atoms with Crippen LogP contribution in [0, 0.1) is 11.8 Å². The molecule has 1 atom stereocenters. The molecule has 2 aliphatic rings. The van der Waals surface area contributed by atoms with Crippen molar-refractivity contribution in [1.82, 2.24) is 9.55 Å². The van der Waals surface area contributed by atoms with Crippen LogP contribution in [0.5, 0.6) is 0 Å². The molecule has 2 N–H and O–H groups in total. The molecule has 22 heavy (non-hydrogen) atoms. The van der Waals surface area contributed by atoms with E-state index >= 15 is 0 Å². The van der Waals surface area contributed by atoms with Crippen molar-refractivity contribution in [2.24, 2.45) is 11.8 Å². The van der Waals surface area contributed by atoms with E-state index in [0.717, 1.165) is 25.7 Å². The molecule has 1 saturated heterocycles. The fraction of sp³-hybridized carbons (Fsp3) is 0.667. The maximum atomic E-state index is 12.3. The number of aromatic nitrogens is 2. The molecule has 0 amide bonds. The summed E-state index contributed by atoms with van der Waals surface area (Å²) < 4.78 is 6.96. The first-order valence-corrected chi connectivity index (χ1v) is 7.78. The molecule has 7 heteroatoms. The Bertz CT molecular complexity index is 591. The molecule has 0 spiro atoms. The van der Waals surface area contributed by atoms with Crippen LogP contribution >= 0.6 is 0 Å². The van der Waals surface area contributed by atoms with Crippen LogP contribution in [0.25, 0.3) is 0 Å². The topological polar surface area (TPSA) is 93.5 Å². The number of carboxylic acids is 1. The molecule has 120 valence electrons. The van der Waals surface area contributed by atoms with Gasteiger partial charge in [0.1, 0.15) is 0 Å². The molecule has 1 aromatic heterocycles. The van der Waals surface area contributed by atoms with Crippen molar-refractivity contribution >= 4 is 11.8 Å². The Balaban J connectivity index is 1.68. The SMILES string of the molecule is O=C(O)C(CNc1nccn(C2CC2)c1=O)C1CCOCC1. The molecule has 1 saturated carbocycles. The number of hydrogen-bond donors (Lipinski definition) is 2. The molecule has 2 fully saturated rings. The van der Waals surface area contributed by atoms with E-state index in [2.05, 4.69) is 10.3 Å². The number of carboxylic acid groups (broad SMARTS) is 1. The molecular weight excluding hydrogens is 286 g/mol. The summed E-state index contributed by atoms with van der Waals surface area (Å²) in [6.45, 7) is 1.43. The van der Waals surface area contributed by atoms with E-state index in [1.165, 1.54) is 0 Å². The smallest absolute Gasteiger partial charge is 0.308 e. The quantitative estimate of drug-likeness (QED) is 0.818. The van der Waals surface area contributed by atoms with Gasteiger partial charge in [0, 0.05) is 38.2 Å². The molecule has 1 aromatic rings. The van der Waals surface area contributed by atoms with Gasteiger partial charge < -0.3 is 19.7 Å². The second kappa shape index (κ2) is 6.48. The third-order valence-corrected chi connectivity index (χ3v) is 4.45. The fourth-order valence-electron chi connectivity index (χ4n) is 2.97. The molecule has 1 aliphatic carbocycles. The summed E-state index contributed by atoms with van der Waals surface area (Å²) in [7, 11) is 0. The third-order valence-electron chi connectivity index (χ3n) is 4.45. The van der Waals surface area contributed by atoms with Gasteiger partial charge in [0.2, 0.25) is 0 Å². The van der Waals surface area contributed by atoms with Gasteiger partial charge in [-0.1, -0.05) is 0 Å². The van der Waals surface area contributed by atoms with Crippen molar-refractivity contribution in [3.63, 3.8) is 0 Å². The number of ether oxygens (including phenoxy) is 1. The number of rotatable bonds is 6. The molecule has 0 aromatic carbocycles. The standard InChI is InChI=1S/C15H21N3O4/c19-14-13(16-5-6-18(14)11-1-2-11)17-9-12(15(20)21)10-3-7-22-8-4-10/h5-6,10-12H,1-4,7-9H2,(H,16,17)(H,20,21). The van der Waals surface area contributed by atoms with Gasteiger partial charge in [-0.3, -0.25) is 9.59 Å². The monoisotopic (exact) mass is 307 g/mol. The van der Waals surface area contributed by atoms with Gasteiger partial charge in [-0.05, 0) is 31.6 Å². The summed E-state index contributed by atoms with van der Waals surface area (Å²) in [5.74, 6) is -1.04. The van der Waals surface area contributed by atoms with Crippen LogP contribution in [0.4, 0.5) is 5.82 Å². The molecule has 1 unspecified atom stereocenters. The normalized spacial score (nSPS) is 20.5. The Kier molecular flexibility index (Phi) is 4.42. The van der Waals surface area contributed by atoms with Gasteiger partial charge >= 0.3 is 5.97 Å². The summed E-state index contributed by atoms with van der Waals surface area (Å²) in [6, 6.07) is 0.279. The van der Waals surface area contributed by atoms with E-state index in [4.69, 9.17) is 4.74 Å². The zero-order valence-corrected chi connectivity index (χ0v) is 12.4. The van der Waals surface area contributed by atoms with Crippen LogP contribution in [0.3, 0.4) is 0 Å². The Morgan fingerprint density at radius 3 is 2.77 bits per heavy atom. The first kappa shape index (κ1) is 15.0. The number of anilines is 1. The highest BCUT2D eigenvalue weighted by atomic mass is 16.5. The number of aliphatic carboxylic acids is 1. The first-order valence-electron chi connectivity index (χ1n) is 7.78. The van der Waals surface area contributed by atoms with Gasteiger partial charge in [-0.25, -0.2) is 4.98 Å². The molecule has 2 heterocycles. The summed E-state index contributed by atoms with van der Waals surface area (Å²) in [5, 5.41) is 12.4. The highest BCUT2D eigenvalue weighted by molar-refractivity contribution is 5.71. The maximum Gasteiger partial charge on any atom is 0.308 e. The number of nitrogens with zero attached hydrogens (tertiary/aromatic N) is 2. The number of carbonyl (C=O) groups is 1. The van der Waals surface area contributed by atoms with Gasteiger partial charge in [0.15, 0.2) is 5.82 Å². The van der Waals surface area contributed by atoms with Crippen molar-refractivity contribution in [2.75, 3.05) is 25.1 Å². The predicted molar refractivity (Wildman–Crippen MR) is 79.9 cm³/mol. The highest BCUT2D eigenvalue weighted by Crippen LogP contribution is 2.33. The van der Waals surface area contributed by atoms with E-state index in [1.807, 2.05) is 0 Å². The minimum absolute atomic E-state index is 0.0770. The summed E-state index contributed by atoms with van der Waals surface area (Å²) in [5.41, 5.74) is -0.166. The van der Waals surface area contributed by atoms with Gasteiger partial charge in [0.05, 0.1) is 5.92 Å². The Morgan fingerprint density at radius 2 is 2.14 bits per heavy atom. The van der Waals surface area contributed by atoms with E-state index in [1.54, 1.807) is 17.0 Å². The van der Waals surface area contributed by atoms with Crippen molar-refractivity contribution in [1.29, 1.82) is 0 Å². The Morgan fingerprint density at radius 1 is 1.41 bits per heavy atom. The average molecular weight is 307 g/mol. The third kappa shape index (κ3) is 3.30. The molecule has 7 nitrogen and oxygen atoms in total. The van der Waals surface area contributed by atoms with E-state index in [0.29, 0.717) is 13.2 Å². The lowest BCUT2D eigenvalue weighted by Crippen LogP contribution is -2.35. The second-order valence-corrected chi connectivity index (χ2v) is 5.99. The molecule has 3 rings (SSSR count). The highest BCUT2D eigenvalue weighted by Gasteiger charge is 2.30. The zero-order chi connectivity index (χ0) is 15.5. The number of nitrogens with one attached hydrogen (secondary N) is 1. The van der Waals surface area contributed by atoms with Crippen LogP contribution in [0.15, 0.2) is 17.2 Å². The largest absolute Gasteiger partial charge is 0.481 e. The van der Waals surface area contributed by atoms with Crippen LogP contribution in [-0.2, 0) is 9.53 Å². The molecule has 0 radical (unpaired) electrons. The second-order valence-electron chi connectivity index (χ2n) is 5.99. The van der Waals surface area contributed by atoms with Gasteiger partial charge in [0.25, 0.3) is 5.56 Å². The minimum Gasteiger partial charge on any atom is -0.481 e. The van der Waals surface area contributed by atoms with Gasteiger partial charge in [-0.2, -0.15) is 0 Å². The summed E-state index contributed by atoms with van der Waals surface area (Å²) in [6.07, 6.45) is 6.80. The van der Waals surface area contributed by atoms with E-state index < -0.39 is 11.9 Å². The summed E-state index contributed by atoms with van der Waals surface area (Å²) >= 11 is 0. The lowest BCUT2D eigenvalue weighted by Gasteiger charge is -2.27. The number of hydrogen-bond acceptors (Lipinski definition) is 5. The molecule has 1 aliphatic heterocycles. The van der Waals surface area contributed by atoms with Crippen LogP contribution in [0.2, 0.25) is 0 Å². The predicted octanol–water partition coefficient (Wildman–Crippen LogP) is 1.12. The van der Waals surface area contributed by atoms with Crippen molar-refractivity contribution < 1.29 is 14.6 Å². The lowest BCUT2D eigenvalue weighted by molar-refractivity contribution is -0.144. The van der Waals surface area contributed by atoms with Crippen molar-refractivity contribution in [3.8, 4) is 0 Å². The van der Waals surface area contributed by atoms with E-state index in [9.17, 15) is 14.7 Å². The van der Waals surface area contributed by atoms with E-state index in [-0.39, 0.29) is 29.9 Å². The van der Waals surface area contributed by atoms with Crippen LogP contribution < -0.4 is 10.9 Å². The molecule has 0 bridgehead atoms. The van der Waals surface area contributed by atoms with Crippen molar-refractivity contribution in [2.45, 2.75) is 31.7 Å². The average Bonchev–Trinajstić information content (AvgIpc) is 3.34. The first-order chi connectivity index (χ1) is 10.7. The van der Waals surface area contributed by atoms with Crippen LogP contribution in [0.1, 0.15) is 31.7 Å². The lowest BCUT2D eigenvalue weighted by atomic mass is 9.86. The minimum atomic E-state index is -0.835. The fourth-order valence-corrected chi connectivity index (χ4v) is 2.97. The van der Waals surface area contributed by atoms with Crippen LogP contribution in [-0.4, -0.2) is 40.4 Å². The summed E-state index contributed by atoms with van der Waals surface area (Å²) in [4.78, 5) is 27.8. The Hall–Kier alpha value is -1.89. The Labute approximate surface area is 128 Å². The zero-order valence-electron chi connectivity index (χ0n) is 12.4. The maximum absolute atomic E-state index is 12.3. The van der Waals surface area contributed by atoms with Gasteiger partial charge in [-0.15, -0.1) is 0 Å².